The summed E-state index contributed by atoms with van der Waals surface area (Å²) in [5, 5.41) is 0. The van der Waals surface area contributed by atoms with Crippen LogP contribution in [-0.4, -0.2) is 29.8 Å². The van der Waals surface area contributed by atoms with Crippen LogP contribution in [0.4, 0.5) is 13.2 Å². The van der Waals surface area contributed by atoms with Crippen LogP contribution in [-0.2, 0) is 38.2 Å². The van der Waals surface area contributed by atoms with Crippen molar-refractivity contribution in [3.05, 3.63) is 53.6 Å². The molecule has 37 heavy (non-hydrogen) atoms. The van der Waals surface area contributed by atoms with Gasteiger partial charge in [-0.05, 0) is 76.1 Å². The molecule has 2 aromatic rings. The second-order valence-corrected chi connectivity index (χ2v) is 10.1. The van der Waals surface area contributed by atoms with Gasteiger partial charge in [0.25, 0.3) is 0 Å². The maximum atomic E-state index is 12.8. The van der Waals surface area contributed by atoms with Crippen molar-refractivity contribution in [3.8, 4) is 11.5 Å². The highest BCUT2D eigenvalue weighted by Gasteiger charge is 2.33. The second kappa shape index (κ2) is 12.3. The third-order valence-electron chi connectivity index (χ3n) is 6.48. The second-order valence-electron chi connectivity index (χ2n) is 10.1. The molecule has 0 N–H and O–H groups in total. The molecule has 0 spiro atoms. The number of alkyl halides is 3. The van der Waals surface area contributed by atoms with Gasteiger partial charge in [0, 0.05) is 18.6 Å². The van der Waals surface area contributed by atoms with E-state index in [0.29, 0.717) is 54.2 Å². The molecule has 0 unspecified atom stereocenters. The minimum absolute atomic E-state index is 0.269. The van der Waals surface area contributed by atoms with Crippen LogP contribution in [0.1, 0.15) is 70.4 Å². The fraction of sp³-hybridized carbons (Fsp3) is 0.571. The number of hydrogen-bond donors (Lipinski definition) is 0. The minimum Gasteiger partial charge on any atom is -0.441 e. The molecule has 9 heteroatoms. The van der Waals surface area contributed by atoms with Crippen molar-refractivity contribution in [3.63, 3.8) is 0 Å². The third-order valence-corrected chi connectivity index (χ3v) is 6.48. The number of benzene rings is 1. The first-order chi connectivity index (χ1) is 17.4. The van der Waals surface area contributed by atoms with Crippen LogP contribution < -0.4 is 0 Å². The van der Waals surface area contributed by atoms with Crippen LogP contribution in [0.2, 0.25) is 0 Å². The van der Waals surface area contributed by atoms with Crippen LogP contribution >= 0.6 is 0 Å². The summed E-state index contributed by atoms with van der Waals surface area (Å²) in [7, 11) is 0. The standard InChI is InChI=1S/C28H36F3NO5/c1-6-24-23(32-25(37-24)21-10-12-22(13-11-21)28(29,30)31)17-34-15-19-8-7-9-20(14-19)16-35-27(4,5)26(33)36-18(2)3/h10-13,19-20H,2,6-9,14-17H2,1,3-5H3/t19-,20+/m1/s1. The van der Waals surface area contributed by atoms with Gasteiger partial charge >= 0.3 is 12.1 Å². The lowest BCUT2D eigenvalue weighted by atomic mass is 9.82. The Bertz CT molecular complexity index is 1060. The summed E-state index contributed by atoms with van der Waals surface area (Å²) in [6.07, 6.45) is 0.275. The Morgan fingerprint density at radius 2 is 1.78 bits per heavy atom. The Morgan fingerprint density at radius 3 is 2.38 bits per heavy atom. The highest BCUT2D eigenvalue weighted by atomic mass is 19.4. The van der Waals surface area contributed by atoms with E-state index in [1.165, 1.54) is 12.1 Å². The van der Waals surface area contributed by atoms with Crippen molar-refractivity contribution in [2.75, 3.05) is 13.2 Å². The molecular weight excluding hydrogens is 487 g/mol. The molecule has 1 aromatic heterocycles. The summed E-state index contributed by atoms with van der Waals surface area (Å²) < 4.78 is 61.4. The monoisotopic (exact) mass is 523 g/mol. The zero-order chi connectivity index (χ0) is 27.2. The molecule has 1 fully saturated rings. The van der Waals surface area contributed by atoms with E-state index in [-0.39, 0.29) is 12.5 Å². The Kier molecular flexibility index (Phi) is 9.58. The van der Waals surface area contributed by atoms with Gasteiger partial charge in [0.2, 0.25) is 5.89 Å². The lowest BCUT2D eigenvalue weighted by Gasteiger charge is -2.31. The zero-order valence-electron chi connectivity index (χ0n) is 22.0. The number of rotatable bonds is 11. The summed E-state index contributed by atoms with van der Waals surface area (Å²) in [5.74, 6) is 1.51. The molecule has 0 bridgehead atoms. The first kappa shape index (κ1) is 28.9. The predicted octanol–water partition coefficient (Wildman–Crippen LogP) is 7.12. The van der Waals surface area contributed by atoms with Gasteiger partial charge in [-0.25, -0.2) is 9.78 Å². The fourth-order valence-corrected chi connectivity index (χ4v) is 4.39. The van der Waals surface area contributed by atoms with Crippen molar-refractivity contribution < 1.29 is 36.6 Å². The summed E-state index contributed by atoms with van der Waals surface area (Å²) >= 11 is 0. The molecule has 3 rings (SSSR count). The Hall–Kier alpha value is -2.65. The zero-order valence-corrected chi connectivity index (χ0v) is 22.0. The Morgan fingerprint density at radius 1 is 1.14 bits per heavy atom. The lowest BCUT2D eigenvalue weighted by molar-refractivity contribution is -0.165. The summed E-state index contributed by atoms with van der Waals surface area (Å²) in [4.78, 5) is 16.7. The summed E-state index contributed by atoms with van der Waals surface area (Å²) in [6.45, 7) is 11.8. The normalized spacial score (nSPS) is 18.6. The first-order valence-electron chi connectivity index (χ1n) is 12.6. The van der Waals surface area contributed by atoms with E-state index in [9.17, 15) is 18.0 Å². The number of allylic oxidation sites excluding steroid dienone is 1. The summed E-state index contributed by atoms with van der Waals surface area (Å²) in [5.41, 5.74) is -0.616. The van der Waals surface area contributed by atoms with E-state index in [2.05, 4.69) is 11.6 Å². The number of carbonyl (C=O) groups excluding carboxylic acids is 1. The average Bonchev–Trinajstić information content (AvgIpc) is 3.25. The largest absolute Gasteiger partial charge is 0.441 e. The number of nitrogens with zero attached hydrogens (tertiary/aromatic N) is 1. The number of hydrogen-bond acceptors (Lipinski definition) is 6. The smallest absolute Gasteiger partial charge is 0.416 e. The lowest BCUT2D eigenvalue weighted by Crippen LogP contribution is -2.38. The number of oxazole rings is 1. The predicted molar refractivity (Wildman–Crippen MR) is 132 cm³/mol. The van der Waals surface area contributed by atoms with Crippen LogP contribution in [0.15, 0.2) is 41.0 Å². The van der Waals surface area contributed by atoms with E-state index in [1.807, 2.05) is 6.92 Å². The van der Waals surface area contributed by atoms with E-state index in [4.69, 9.17) is 18.6 Å². The molecule has 1 aliphatic carbocycles. The van der Waals surface area contributed by atoms with Crippen LogP contribution in [0.3, 0.4) is 0 Å². The molecular formula is C28H36F3NO5. The van der Waals surface area contributed by atoms with E-state index < -0.39 is 23.3 Å². The molecule has 0 radical (unpaired) electrons. The van der Waals surface area contributed by atoms with Crippen LogP contribution in [0.5, 0.6) is 0 Å². The number of aryl methyl sites for hydroxylation is 1. The number of ether oxygens (including phenoxy) is 3. The number of carbonyl (C=O) groups is 1. The molecule has 1 saturated carbocycles. The van der Waals surface area contributed by atoms with Crippen LogP contribution in [0.25, 0.3) is 11.5 Å². The molecule has 6 nitrogen and oxygen atoms in total. The van der Waals surface area contributed by atoms with Crippen molar-refractivity contribution in [2.24, 2.45) is 11.8 Å². The highest BCUT2D eigenvalue weighted by molar-refractivity contribution is 5.79. The quantitative estimate of drug-likeness (QED) is 0.231. The highest BCUT2D eigenvalue weighted by Crippen LogP contribution is 2.33. The third kappa shape index (κ3) is 8.17. The van der Waals surface area contributed by atoms with E-state index in [1.54, 1.807) is 20.8 Å². The van der Waals surface area contributed by atoms with Crippen molar-refractivity contribution in [2.45, 2.75) is 78.2 Å². The van der Waals surface area contributed by atoms with E-state index in [0.717, 1.165) is 37.8 Å². The Labute approximate surface area is 216 Å². The molecule has 2 atom stereocenters. The van der Waals surface area contributed by atoms with Crippen molar-refractivity contribution in [1.82, 2.24) is 4.98 Å². The van der Waals surface area contributed by atoms with Crippen LogP contribution in [0, 0.1) is 11.8 Å². The minimum atomic E-state index is -4.39. The maximum Gasteiger partial charge on any atom is 0.416 e. The molecule has 1 aliphatic rings. The number of halogens is 3. The molecule has 204 valence electrons. The Balaban J connectivity index is 1.51. The van der Waals surface area contributed by atoms with Crippen molar-refractivity contribution in [1.29, 1.82) is 0 Å². The number of esters is 1. The number of aromatic nitrogens is 1. The fourth-order valence-electron chi connectivity index (χ4n) is 4.39. The molecule has 0 amide bonds. The first-order valence-corrected chi connectivity index (χ1v) is 12.6. The summed E-state index contributed by atoms with van der Waals surface area (Å²) in [6, 6.07) is 4.77. The van der Waals surface area contributed by atoms with Gasteiger partial charge in [-0.15, -0.1) is 0 Å². The average molecular weight is 524 g/mol. The van der Waals surface area contributed by atoms with Gasteiger partial charge in [0.05, 0.1) is 24.5 Å². The van der Waals surface area contributed by atoms with Crippen molar-refractivity contribution >= 4 is 5.97 Å². The van der Waals surface area contributed by atoms with Gasteiger partial charge < -0.3 is 18.6 Å². The molecule has 0 saturated heterocycles. The molecule has 0 aliphatic heterocycles. The van der Waals surface area contributed by atoms with E-state index >= 15 is 0 Å². The van der Waals surface area contributed by atoms with Gasteiger partial charge in [-0.2, -0.15) is 13.2 Å². The molecule has 1 aromatic carbocycles. The van der Waals surface area contributed by atoms with Gasteiger partial charge in [-0.1, -0.05) is 19.9 Å². The van der Waals surface area contributed by atoms with Gasteiger partial charge in [-0.3, -0.25) is 0 Å². The van der Waals surface area contributed by atoms with Gasteiger partial charge in [0.1, 0.15) is 11.5 Å². The maximum absolute atomic E-state index is 12.8. The van der Waals surface area contributed by atoms with Gasteiger partial charge in [0.15, 0.2) is 5.60 Å². The topological polar surface area (TPSA) is 70.8 Å². The molecule has 1 heterocycles. The SMILES string of the molecule is C=C(C)OC(=O)C(C)(C)OC[C@H]1CCC[C@@H](COCc2nc(-c3ccc(C(F)(F)F)cc3)oc2CC)C1.